The number of likely N-dealkylation sites (N-methyl/N-ethyl adjacent to an activating group) is 1. The van der Waals surface area contributed by atoms with Gasteiger partial charge in [0.2, 0.25) is 5.91 Å². The maximum atomic E-state index is 13.1. The van der Waals surface area contributed by atoms with E-state index in [2.05, 4.69) is 29.5 Å². The van der Waals surface area contributed by atoms with E-state index >= 15 is 0 Å². The summed E-state index contributed by atoms with van der Waals surface area (Å²) in [5.41, 5.74) is 3.18. The van der Waals surface area contributed by atoms with Crippen molar-refractivity contribution in [2.24, 2.45) is 0 Å². The van der Waals surface area contributed by atoms with Crippen molar-refractivity contribution >= 4 is 17.5 Å². The number of piperazine rings is 1. The van der Waals surface area contributed by atoms with Crippen LogP contribution in [0.5, 0.6) is 0 Å². The minimum atomic E-state index is -0.239. The number of halogens is 1. The van der Waals surface area contributed by atoms with Gasteiger partial charge < -0.3 is 20.4 Å². The van der Waals surface area contributed by atoms with Gasteiger partial charge in [-0.2, -0.15) is 0 Å². The van der Waals surface area contributed by atoms with E-state index in [0.717, 1.165) is 30.6 Å². The fourth-order valence-electron chi connectivity index (χ4n) is 3.72. The Labute approximate surface area is 183 Å². The Morgan fingerprint density at radius 1 is 1.03 bits per heavy atom. The number of hydrogen-bond acceptors (Lipinski definition) is 4. The second kappa shape index (κ2) is 10.5. The molecule has 7 heteroatoms. The molecule has 31 heavy (non-hydrogen) atoms. The van der Waals surface area contributed by atoms with E-state index in [-0.39, 0.29) is 23.7 Å². The fourth-order valence-corrected chi connectivity index (χ4v) is 3.72. The van der Waals surface area contributed by atoms with E-state index < -0.39 is 0 Å². The second-order valence-electron chi connectivity index (χ2n) is 8.31. The van der Waals surface area contributed by atoms with Crippen molar-refractivity contribution in [1.29, 1.82) is 0 Å². The largest absolute Gasteiger partial charge is 0.336 e. The quantitative estimate of drug-likeness (QED) is 0.715. The van der Waals surface area contributed by atoms with E-state index in [9.17, 15) is 14.0 Å². The molecule has 166 valence electrons. The molecule has 0 radical (unpaired) electrons. The van der Waals surface area contributed by atoms with Crippen LogP contribution in [0.2, 0.25) is 0 Å². The van der Waals surface area contributed by atoms with Crippen LogP contribution < -0.4 is 10.6 Å². The number of carbonyl (C=O) groups excluding carboxylic acids is 2. The van der Waals surface area contributed by atoms with Gasteiger partial charge in [-0.1, -0.05) is 12.1 Å². The normalized spacial score (nSPS) is 15.5. The summed E-state index contributed by atoms with van der Waals surface area (Å²) in [4.78, 5) is 28.7. The molecule has 3 rings (SSSR count). The smallest absolute Gasteiger partial charge is 0.254 e. The van der Waals surface area contributed by atoms with Crippen LogP contribution in [0, 0.1) is 5.82 Å². The first-order valence-corrected chi connectivity index (χ1v) is 10.7. The van der Waals surface area contributed by atoms with E-state index in [0.29, 0.717) is 30.9 Å². The van der Waals surface area contributed by atoms with Crippen LogP contribution in [0.25, 0.3) is 0 Å². The molecule has 2 aromatic rings. The zero-order chi connectivity index (χ0) is 22.4. The van der Waals surface area contributed by atoms with Crippen LogP contribution in [-0.2, 0) is 17.8 Å². The number of amides is 2. The SMILES string of the molecule is CC(=O)Nc1cc(CN[C@H](C)Cc2ccc(F)cc2)cc(C(=O)N2CCN(C)CC2)c1. The highest BCUT2D eigenvalue weighted by molar-refractivity contribution is 5.97. The number of carbonyl (C=O) groups is 2. The first-order valence-electron chi connectivity index (χ1n) is 10.7. The van der Waals surface area contributed by atoms with Crippen molar-refractivity contribution in [2.75, 3.05) is 38.5 Å². The third-order valence-electron chi connectivity index (χ3n) is 5.46. The van der Waals surface area contributed by atoms with Crippen LogP contribution in [0.1, 0.15) is 35.3 Å². The molecule has 0 aromatic heterocycles. The van der Waals surface area contributed by atoms with Crippen LogP contribution in [0.15, 0.2) is 42.5 Å². The number of nitrogens with one attached hydrogen (secondary N) is 2. The van der Waals surface area contributed by atoms with E-state index in [1.807, 2.05) is 17.0 Å². The number of nitrogens with zero attached hydrogens (tertiary/aromatic N) is 2. The van der Waals surface area contributed by atoms with Gasteiger partial charge in [0.1, 0.15) is 5.82 Å². The summed E-state index contributed by atoms with van der Waals surface area (Å²) in [5.74, 6) is -0.426. The average molecular weight is 427 g/mol. The third kappa shape index (κ3) is 6.87. The Morgan fingerprint density at radius 3 is 2.35 bits per heavy atom. The van der Waals surface area contributed by atoms with Gasteiger partial charge in [-0.05, 0) is 61.9 Å². The molecule has 0 saturated carbocycles. The highest BCUT2D eigenvalue weighted by Crippen LogP contribution is 2.18. The van der Waals surface area contributed by atoms with Crippen LogP contribution in [0.3, 0.4) is 0 Å². The Bertz CT molecular complexity index is 908. The van der Waals surface area contributed by atoms with Gasteiger partial charge in [0.25, 0.3) is 5.91 Å². The summed E-state index contributed by atoms with van der Waals surface area (Å²) < 4.78 is 13.1. The molecule has 1 saturated heterocycles. The molecule has 0 aliphatic carbocycles. The van der Waals surface area contributed by atoms with Gasteiger partial charge in [-0.15, -0.1) is 0 Å². The maximum Gasteiger partial charge on any atom is 0.254 e. The van der Waals surface area contributed by atoms with Gasteiger partial charge in [0.15, 0.2) is 0 Å². The fraction of sp³-hybridized carbons (Fsp3) is 0.417. The van der Waals surface area contributed by atoms with Crippen molar-refractivity contribution in [3.8, 4) is 0 Å². The van der Waals surface area contributed by atoms with Gasteiger partial charge in [0, 0.05) is 56.9 Å². The van der Waals surface area contributed by atoms with Crippen LogP contribution in [-0.4, -0.2) is 60.9 Å². The monoisotopic (exact) mass is 426 g/mol. The summed E-state index contributed by atoms with van der Waals surface area (Å²) in [6, 6.07) is 12.2. The predicted molar refractivity (Wildman–Crippen MR) is 121 cm³/mol. The van der Waals surface area contributed by atoms with Gasteiger partial charge >= 0.3 is 0 Å². The summed E-state index contributed by atoms with van der Waals surface area (Å²) in [6.07, 6.45) is 0.763. The van der Waals surface area contributed by atoms with Crippen molar-refractivity contribution < 1.29 is 14.0 Å². The third-order valence-corrected chi connectivity index (χ3v) is 5.46. The molecule has 1 atom stereocenters. The minimum absolute atomic E-state index is 0.0130. The molecule has 0 bridgehead atoms. The lowest BCUT2D eigenvalue weighted by molar-refractivity contribution is -0.114. The first kappa shape index (κ1) is 22.9. The molecule has 1 heterocycles. The number of hydrogen-bond donors (Lipinski definition) is 2. The maximum absolute atomic E-state index is 13.1. The zero-order valence-corrected chi connectivity index (χ0v) is 18.5. The molecule has 6 nitrogen and oxygen atoms in total. The lowest BCUT2D eigenvalue weighted by Gasteiger charge is -2.32. The van der Waals surface area contributed by atoms with E-state index in [1.54, 1.807) is 18.2 Å². The number of benzene rings is 2. The predicted octanol–water partition coefficient (Wildman–Crippen LogP) is 2.89. The van der Waals surface area contributed by atoms with Gasteiger partial charge in [-0.3, -0.25) is 9.59 Å². The molecule has 0 spiro atoms. The average Bonchev–Trinajstić information content (AvgIpc) is 2.73. The highest BCUT2D eigenvalue weighted by Gasteiger charge is 2.21. The first-order chi connectivity index (χ1) is 14.8. The number of rotatable bonds is 7. The molecule has 1 aliphatic rings. The van der Waals surface area contributed by atoms with Crippen molar-refractivity contribution in [2.45, 2.75) is 32.9 Å². The highest BCUT2D eigenvalue weighted by atomic mass is 19.1. The summed E-state index contributed by atoms with van der Waals surface area (Å²) in [6.45, 7) is 7.18. The summed E-state index contributed by atoms with van der Waals surface area (Å²) in [5, 5.41) is 6.26. The molecular weight excluding hydrogens is 395 g/mol. The van der Waals surface area contributed by atoms with Crippen LogP contribution >= 0.6 is 0 Å². The van der Waals surface area contributed by atoms with Crippen LogP contribution in [0.4, 0.5) is 10.1 Å². The van der Waals surface area contributed by atoms with Crippen molar-refractivity contribution in [1.82, 2.24) is 15.1 Å². The van der Waals surface area contributed by atoms with E-state index in [1.165, 1.54) is 19.1 Å². The number of anilines is 1. The molecule has 0 unspecified atom stereocenters. The summed E-state index contributed by atoms with van der Waals surface area (Å²) in [7, 11) is 2.05. The minimum Gasteiger partial charge on any atom is -0.336 e. The standard InChI is InChI=1S/C24H31FN4O2/c1-17(12-19-4-6-22(25)7-5-19)26-16-20-13-21(15-23(14-20)27-18(2)30)24(31)29-10-8-28(3)9-11-29/h4-7,13-15,17,26H,8-12,16H2,1-3H3,(H,27,30)/t17-/m1/s1. The molecule has 2 N–H and O–H groups in total. The van der Waals surface area contributed by atoms with Gasteiger partial charge in [-0.25, -0.2) is 4.39 Å². The van der Waals surface area contributed by atoms with Crippen molar-refractivity contribution in [3.05, 3.63) is 65.0 Å². The molecular formula is C24H31FN4O2. The molecule has 2 aromatic carbocycles. The Kier molecular flexibility index (Phi) is 7.76. The second-order valence-corrected chi connectivity index (χ2v) is 8.31. The lowest BCUT2D eigenvalue weighted by atomic mass is 10.0. The molecule has 1 aliphatic heterocycles. The Balaban J connectivity index is 1.69. The van der Waals surface area contributed by atoms with E-state index in [4.69, 9.17) is 0 Å². The summed E-state index contributed by atoms with van der Waals surface area (Å²) >= 11 is 0. The zero-order valence-electron chi connectivity index (χ0n) is 18.5. The Hall–Kier alpha value is -2.77. The topological polar surface area (TPSA) is 64.7 Å². The Morgan fingerprint density at radius 2 is 1.71 bits per heavy atom. The molecule has 1 fully saturated rings. The lowest BCUT2D eigenvalue weighted by Crippen LogP contribution is -2.47. The molecule has 2 amide bonds. The van der Waals surface area contributed by atoms with Crippen molar-refractivity contribution in [3.63, 3.8) is 0 Å². The van der Waals surface area contributed by atoms with Gasteiger partial charge in [0.05, 0.1) is 0 Å².